The molecule has 1 N–H and O–H groups in total. The van der Waals surface area contributed by atoms with Crippen molar-refractivity contribution in [3.8, 4) is 0 Å². The quantitative estimate of drug-likeness (QED) is 0.656. The van der Waals surface area contributed by atoms with Crippen LogP contribution in [0.3, 0.4) is 0 Å². The van der Waals surface area contributed by atoms with E-state index < -0.39 is 0 Å². The Hall–Kier alpha value is -0.0800. The van der Waals surface area contributed by atoms with E-state index in [2.05, 4.69) is 18.7 Å². The zero-order valence-corrected chi connectivity index (χ0v) is 7.51. The highest BCUT2D eigenvalue weighted by atomic mass is 16.3. The fourth-order valence-electron chi connectivity index (χ4n) is 1.65. The highest BCUT2D eigenvalue weighted by Gasteiger charge is 2.21. The van der Waals surface area contributed by atoms with Gasteiger partial charge in [-0.2, -0.15) is 0 Å². The number of rotatable bonds is 3. The van der Waals surface area contributed by atoms with E-state index in [4.69, 9.17) is 5.11 Å². The van der Waals surface area contributed by atoms with E-state index in [1.165, 1.54) is 12.3 Å². The van der Waals surface area contributed by atoms with Gasteiger partial charge in [0.2, 0.25) is 0 Å². The first-order valence-electron chi connectivity index (χ1n) is 4.34. The van der Waals surface area contributed by atoms with Crippen LogP contribution in [0.2, 0.25) is 0 Å². The lowest BCUT2D eigenvalue weighted by Gasteiger charge is -2.17. The molecule has 0 aliphatic carbocycles. The largest absolute Gasteiger partial charge is 0.396 e. The SMILES string of the molecule is C[C](C)CN1CCC(CO)C1. The molecule has 1 aliphatic rings. The Bertz CT molecular complexity index is 114. The molecule has 0 aromatic rings. The summed E-state index contributed by atoms with van der Waals surface area (Å²) < 4.78 is 0. The topological polar surface area (TPSA) is 23.5 Å². The number of nitrogens with zero attached hydrogens (tertiary/aromatic N) is 1. The monoisotopic (exact) mass is 156 g/mol. The van der Waals surface area contributed by atoms with Crippen LogP contribution in [0.1, 0.15) is 20.3 Å². The van der Waals surface area contributed by atoms with Gasteiger partial charge < -0.3 is 10.0 Å². The van der Waals surface area contributed by atoms with E-state index in [1.807, 2.05) is 0 Å². The Morgan fingerprint density at radius 1 is 1.55 bits per heavy atom. The maximum atomic E-state index is 8.88. The predicted molar refractivity (Wildman–Crippen MR) is 46.2 cm³/mol. The molecule has 1 unspecified atom stereocenters. The molecule has 0 amide bonds. The average molecular weight is 156 g/mol. The van der Waals surface area contributed by atoms with Crippen LogP contribution in [0.4, 0.5) is 0 Å². The third-order valence-corrected chi connectivity index (χ3v) is 2.17. The van der Waals surface area contributed by atoms with E-state index in [0.29, 0.717) is 12.5 Å². The highest BCUT2D eigenvalue weighted by molar-refractivity contribution is 4.85. The van der Waals surface area contributed by atoms with E-state index >= 15 is 0 Å². The first-order chi connectivity index (χ1) is 5.22. The van der Waals surface area contributed by atoms with Crippen molar-refractivity contribution in [2.24, 2.45) is 5.92 Å². The molecule has 2 heteroatoms. The van der Waals surface area contributed by atoms with Crippen molar-refractivity contribution in [2.75, 3.05) is 26.2 Å². The first kappa shape index (κ1) is 9.01. The van der Waals surface area contributed by atoms with Crippen molar-refractivity contribution in [2.45, 2.75) is 20.3 Å². The normalized spacial score (nSPS) is 26.7. The van der Waals surface area contributed by atoms with E-state index in [-0.39, 0.29) is 0 Å². The van der Waals surface area contributed by atoms with Crippen LogP contribution >= 0.6 is 0 Å². The summed E-state index contributed by atoms with van der Waals surface area (Å²) >= 11 is 0. The zero-order chi connectivity index (χ0) is 8.27. The van der Waals surface area contributed by atoms with Crippen molar-refractivity contribution in [3.05, 3.63) is 5.92 Å². The van der Waals surface area contributed by atoms with Gasteiger partial charge in [0.05, 0.1) is 0 Å². The molecular formula is C9H18NO. The molecule has 1 saturated heterocycles. The standard InChI is InChI=1S/C9H18NO/c1-8(2)5-10-4-3-9(6-10)7-11/h9,11H,3-7H2,1-2H3. The molecule has 0 bridgehead atoms. The summed E-state index contributed by atoms with van der Waals surface area (Å²) in [6, 6.07) is 0. The fraction of sp³-hybridized carbons (Fsp3) is 0.889. The number of hydrogen-bond donors (Lipinski definition) is 1. The second kappa shape index (κ2) is 4.07. The summed E-state index contributed by atoms with van der Waals surface area (Å²) in [5, 5.41) is 8.88. The van der Waals surface area contributed by atoms with Crippen LogP contribution < -0.4 is 0 Å². The van der Waals surface area contributed by atoms with Crippen molar-refractivity contribution in [3.63, 3.8) is 0 Å². The molecule has 1 rings (SSSR count). The van der Waals surface area contributed by atoms with Gasteiger partial charge in [0, 0.05) is 19.7 Å². The molecule has 1 aliphatic heterocycles. The van der Waals surface area contributed by atoms with Crippen molar-refractivity contribution >= 4 is 0 Å². The summed E-state index contributed by atoms with van der Waals surface area (Å²) in [6.07, 6.45) is 1.17. The average Bonchev–Trinajstić information content (AvgIpc) is 2.34. The Balaban J connectivity index is 2.19. The van der Waals surface area contributed by atoms with Crippen LogP contribution in [0, 0.1) is 11.8 Å². The molecule has 11 heavy (non-hydrogen) atoms. The molecule has 0 spiro atoms. The van der Waals surface area contributed by atoms with Crippen LogP contribution in [-0.2, 0) is 0 Å². The number of hydrogen-bond acceptors (Lipinski definition) is 2. The molecule has 65 valence electrons. The lowest BCUT2D eigenvalue weighted by molar-refractivity contribution is 0.223. The molecule has 1 fully saturated rings. The summed E-state index contributed by atoms with van der Waals surface area (Å²) in [5.74, 6) is 2.00. The first-order valence-corrected chi connectivity index (χ1v) is 4.34. The Labute approximate surface area is 69.2 Å². The zero-order valence-electron chi connectivity index (χ0n) is 7.51. The Morgan fingerprint density at radius 3 is 2.73 bits per heavy atom. The minimum Gasteiger partial charge on any atom is -0.396 e. The van der Waals surface area contributed by atoms with Gasteiger partial charge in [-0.15, -0.1) is 0 Å². The van der Waals surface area contributed by atoms with E-state index in [9.17, 15) is 0 Å². The number of aliphatic hydroxyl groups is 1. The van der Waals surface area contributed by atoms with Gasteiger partial charge in [0.15, 0.2) is 0 Å². The second-order valence-electron chi connectivity index (χ2n) is 3.78. The Kier molecular flexibility index (Phi) is 3.34. The smallest absolute Gasteiger partial charge is 0.0471 e. The lowest BCUT2D eigenvalue weighted by atomic mass is 10.1. The highest BCUT2D eigenvalue weighted by Crippen LogP contribution is 2.16. The minimum atomic E-state index is 0.360. The lowest BCUT2D eigenvalue weighted by Crippen LogP contribution is -2.24. The Morgan fingerprint density at radius 2 is 2.27 bits per heavy atom. The van der Waals surface area contributed by atoms with E-state index in [1.54, 1.807) is 0 Å². The summed E-state index contributed by atoms with van der Waals surface area (Å²) in [7, 11) is 0. The second-order valence-corrected chi connectivity index (χ2v) is 3.78. The minimum absolute atomic E-state index is 0.360. The fourth-order valence-corrected chi connectivity index (χ4v) is 1.65. The number of aliphatic hydroxyl groups excluding tert-OH is 1. The van der Waals surface area contributed by atoms with Gasteiger partial charge in [-0.25, -0.2) is 0 Å². The van der Waals surface area contributed by atoms with Crippen LogP contribution in [0.15, 0.2) is 0 Å². The van der Waals surface area contributed by atoms with Crippen molar-refractivity contribution in [1.82, 2.24) is 4.90 Å². The third kappa shape index (κ3) is 2.80. The maximum Gasteiger partial charge on any atom is 0.0471 e. The summed E-state index contributed by atoms with van der Waals surface area (Å²) in [6.45, 7) is 8.03. The molecule has 0 aromatic carbocycles. The van der Waals surface area contributed by atoms with E-state index in [0.717, 1.165) is 19.6 Å². The van der Waals surface area contributed by atoms with Gasteiger partial charge in [-0.1, -0.05) is 13.8 Å². The van der Waals surface area contributed by atoms with Gasteiger partial charge >= 0.3 is 0 Å². The molecule has 0 saturated carbocycles. The summed E-state index contributed by atoms with van der Waals surface area (Å²) in [4.78, 5) is 2.41. The molecule has 1 atom stereocenters. The molecule has 1 radical (unpaired) electrons. The predicted octanol–water partition coefficient (Wildman–Crippen LogP) is 0.915. The molecule has 2 nitrogen and oxygen atoms in total. The van der Waals surface area contributed by atoms with Crippen LogP contribution in [0.25, 0.3) is 0 Å². The van der Waals surface area contributed by atoms with Crippen LogP contribution in [0.5, 0.6) is 0 Å². The van der Waals surface area contributed by atoms with Gasteiger partial charge in [0.1, 0.15) is 0 Å². The van der Waals surface area contributed by atoms with Crippen LogP contribution in [-0.4, -0.2) is 36.2 Å². The molecule has 0 aromatic heterocycles. The third-order valence-electron chi connectivity index (χ3n) is 2.17. The van der Waals surface area contributed by atoms with Crippen molar-refractivity contribution in [1.29, 1.82) is 0 Å². The van der Waals surface area contributed by atoms with Gasteiger partial charge in [-0.05, 0) is 24.8 Å². The summed E-state index contributed by atoms with van der Waals surface area (Å²) in [5.41, 5.74) is 0. The van der Waals surface area contributed by atoms with Gasteiger partial charge in [-0.3, -0.25) is 0 Å². The maximum absolute atomic E-state index is 8.88. The number of likely N-dealkylation sites (tertiary alicyclic amines) is 1. The molecular weight excluding hydrogens is 138 g/mol. The van der Waals surface area contributed by atoms with Crippen molar-refractivity contribution < 1.29 is 5.11 Å². The molecule has 1 heterocycles. The van der Waals surface area contributed by atoms with Gasteiger partial charge in [0.25, 0.3) is 0 Å².